The fraction of sp³-hybridized carbons (Fsp3) is 0.500. The SMILES string of the molecule is CN(C)CC1N=CC=CC1=O. The Morgan fingerprint density at radius 2 is 2.36 bits per heavy atom. The molecule has 0 aromatic carbocycles. The molecule has 0 saturated carbocycles. The maximum atomic E-state index is 11.1. The summed E-state index contributed by atoms with van der Waals surface area (Å²) in [5.74, 6) is 0.0983. The van der Waals surface area contributed by atoms with E-state index >= 15 is 0 Å². The molecular weight excluding hydrogens is 140 g/mol. The van der Waals surface area contributed by atoms with Crippen LogP contribution in [0.1, 0.15) is 0 Å². The Balaban J connectivity index is 2.52. The number of nitrogens with zero attached hydrogens (tertiary/aromatic N) is 2. The van der Waals surface area contributed by atoms with Gasteiger partial charge in [-0.2, -0.15) is 0 Å². The van der Waals surface area contributed by atoms with Gasteiger partial charge in [-0.05, 0) is 26.2 Å². The van der Waals surface area contributed by atoms with Crippen LogP contribution in [0, 0.1) is 0 Å². The maximum Gasteiger partial charge on any atom is 0.181 e. The fourth-order valence-corrected chi connectivity index (χ4v) is 0.959. The lowest BCUT2D eigenvalue weighted by molar-refractivity contribution is -0.116. The first kappa shape index (κ1) is 8.14. The average Bonchev–Trinajstić information content (AvgIpc) is 1.93. The monoisotopic (exact) mass is 152 g/mol. The van der Waals surface area contributed by atoms with E-state index in [0.29, 0.717) is 6.54 Å². The van der Waals surface area contributed by atoms with Gasteiger partial charge in [-0.3, -0.25) is 9.79 Å². The quantitative estimate of drug-likeness (QED) is 0.563. The molecule has 0 saturated heterocycles. The Hall–Kier alpha value is -0.960. The normalized spacial score (nSPS) is 23.2. The lowest BCUT2D eigenvalue weighted by Gasteiger charge is -2.15. The molecule has 3 heteroatoms. The first-order valence-corrected chi connectivity index (χ1v) is 3.58. The van der Waals surface area contributed by atoms with Crippen LogP contribution in [-0.2, 0) is 4.79 Å². The van der Waals surface area contributed by atoms with Crippen molar-refractivity contribution in [3.63, 3.8) is 0 Å². The molecule has 3 nitrogen and oxygen atoms in total. The van der Waals surface area contributed by atoms with Gasteiger partial charge in [0.2, 0.25) is 0 Å². The molecule has 0 spiro atoms. The van der Waals surface area contributed by atoms with Crippen LogP contribution in [0.2, 0.25) is 0 Å². The Morgan fingerprint density at radius 3 is 2.91 bits per heavy atom. The minimum Gasteiger partial charge on any atom is -0.307 e. The largest absolute Gasteiger partial charge is 0.307 e. The van der Waals surface area contributed by atoms with E-state index in [1.54, 1.807) is 18.4 Å². The highest BCUT2D eigenvalue weighted by Gasteiger charge is 2.15. The van der Waals surface area contributed by atoms with E-state index in [4.69, 9.17) is 0 Å². The van der Waals surface area contributed by atoms with Crippen LogP contribution in [0.3, 0.4) is 0 Å². The van der Waals surface area contributed by atoms with E-state index in [-0.39, 0.29) is 11.8 Å². The summed E-state index contributed by atoms with van der Waals surface area (Å²) >= 11 is 0. The van der Waals surface area contributed by atoms with Crippen LogP contribution in [0.25, 0.3) is 0 Å². The first-order valence-electron chi connectivity index (χ1n) is 3.58. The summed E-state index contributed by atoms with van der Waals surface area (Å²) in [6.45, 7) is 0.694. The molecule has 0 aromatic rings. The molecule has 11 heavy (non-hydrogen) atoms. The van der Waals surface area contributed by atoms with Crippen LogP contribution in [0.5, 0.6) is 0 Å². The number of carbonyl (C=O) groups is 1. The second-order valence-corrected chi connectivity index (χ2v) is 2.84. The Bertz CT molecular complexity index is 206. The molecule has 0 fully saturated rings. The van der Waals surface area contributed by atoms with Gasteiger partial charge < -0.3 is 4.90 Å². The van der Waals surface area contributed by atoms with Crippen molar-refractivity contribution in [1.29, 1.82) is 0 Å². The number of ketones is 1. The minimum absolute atomic E-state index is 0.0983. The second-order valence-electron chi connectivity index (χ2n) is 2.84. The summed E-state index contributed by atoms with van der Waals surface area (Å²) in [7, 11) is 3.86. The van der Waals surface area contributed by atoms with Gasteiger partial charge in [-0.15, -0.1) is 0 Å². The first-order chi connectivity index (χ1) is 5.20. The van der Waals surface area contributed by atoms with Crippen LogP contribution in [-0.4, -0.2) is 43.6 Å². The summed E-state index contributed by atoms with van der Waals surface area (Å²) < 4.78 is 0. The molecule has 0 aliphatic carbocycles. The zero-order chi connectivity index (χ0) is 8.27. The highest BCUT2D eigenvalue weighted by molar-refractivity contribution is 6.01. The second kappa shape index (κ2) is 3.44. The Morgan fingerprint density at radius 1 is 1.64 bits per heavy atom. The lowest BCUT2D eigenvalue weighted by atomic mass is 10.1. The maximum absolute atomic E-state index is 11.1. The summed E-state index contributed by atoms with van der Waals surface area (Å²) in [4.78, 5) is 17.1. The van der Waals surface area contributed by atoms with Gasteiger partial charge >= 0.3 is 0 Å². The topological polar surface area (TPSA) is 32.7 Å². The molecule has 1 rings (SSSR count). The zero-order valence-electron chi connectivity index (χ0n) is 6.82. The van der Waals surface area contributed by atoms with E-state index in [1.807, 2.05) is 19.0 Å². The van der Waals surface area contributed by atoms with E-state index in [2.05, 4.69) is 4.99 Å². The van der Waals surface area contributed by atoms with Gasteiger partial charge in [0.1, 0.15) is 6.04 Å². The molecule has 0 N–H and O–H groups in total. The van der Waals surface area contributed by atoms with Crippen molar-refractivity contribution in [2.24, 2.45) is 4.99 Å². The van der Waals surface area contributed by atoms with E-state index < -0.39 is 0 Å². The number of dihydropyridines is 1. The van der Waals surface area contributed by atoms with E-state index in [9.17, 15) is 4.79 Å². The van der Waals surface area contributed by atoms with E-state index in [1.165, 1.54) is 0 Å². The number of hydrogen-bond acceptors (Lipinski definition) is 3. The Kier molecular flexibility index (Phi) is 2.54. The highest BCUT2D eigenvalue weighted by Crippen LogP contribution is 2.00. The number of hydrogen-bond donors (Lipinski definition) is 0. The molecule has 60 valence electrons. The summed E-state index contributed by atoms with van der Waals surface area (Å²) in [5, 5.41) is 0. The van der Waals surface area contributed by atoms with Crippen LogP contribution >= 0.6 is 0 Å². The third-order valence-corrected chi connectivity index (χ3v) is 1.48. The predicted octanol–water partition coefficient (Wildman–Crippen LogP) is 0.126. The van der Waals surface area contributed by atoms with Crippen molar-refractivity contribution in [1.82, 2.24) is 4.90 Å². The number of aliphatic imine (C=N–C) groups is 1. The molecule has 0 aromatic heterocycles. The third-order valence-electron chi connectivity index (χ3n) is 1.48. The standard InChI is InChI=1S/C8H12N2O/c1-10(2)6-7-8(11)4-3-5-9-7/h3-5,7H,6H2,1-2H3. The summed E-state index contributed by atoms with van der Waals surface area (Å²) in [5.41, 5.74) is 0. The number of allylic oxidation sites excluding steroid dienone is 1. The summed E-state index contributed by atoms with van der Waals surface area (Å²) in [6.07, 6.45) is 4.92. The third kappa shape index (κ3) is 2.27. The minimum atomic E-state index is -0.185. The fourth-order valence-electron chi connectivity index (χ4n) is 0.959. The van der Waals surface area contributed by atoms with Crippen LogP contribution in [0.15, 0.2) is 17.1 Å². The van der Waals surface area contributed by atoms with Crippen molar-refractivity contribution in [2.45, 2.75) is 6.04 Å². The molecule has 1 atom stereocenters. The van der Waals surface area contributed by atoms with Gasteiger partial charge in [-0.1, -0.05) is 0 Å². The predicted molar refractivity (Wildman–Crippen MR) is 45.0 cm³/mol. The van der Waals surface area contributed by atoms with Gasteiger partial charge in [0.15, 0.2) is 5.78 Å². The molecule has 0 bridgehead atoms. The molecule has 0 amide bonds. The smallest absolute Gasteiger partial charge is 0.181 e. The van der Waals surface area contributed by atoms with Crippen molar-refractivity contribution >= 4 is 12.0 Å². The van der Waals surface area contributed by atoms with Crippen molar-refractivity contribution in [3.8, 4) is 0 Å². The van der Waals surface area contributed by atoms with Crippen molar-refractivity contribution in [2.75, 3.05) is 20.6 Å². The highest BCUT2D eigenvalue weighted by atomic mass is 16.1. The molecule has 1 aliphatic rings. The zero-order valence-corrected chi connectivity index (χ0v) is 6.82. The van der Waals surface area contributed by atoms with Gasteiger partial charge in [0.25, 0.3) is 0 Å². The Labute approximate surface area is 66.4 Å². The molecule has 1 aliphatic heterocycles. The molecule has 1 heterocycles. The molecule has 0 radical (unpaired) electrons. The number of carbonyl (C=O) groups excluding carboxylic acids is 1. The lowest BCUT2D eigenvalue weighted by Crippen LogP contribution is -2.31. The average molecular weight is 152 g/mol. The van der Waals surface area contributed by atoms with Crippen molar-refractivity contribution in [3.05, 3.63) is 12.2 Å². The summed E-state index contributed by atoms with van der Waals surface area (Å²) in [6, 6.07) is -0.185. The molecular formula is C8H12N2O. The molecule has 1 unspecified atom stereocenters. The van der Waals surface area contributed by atoms with E-state index in [0.717, 1.165) is 0 Å². The number of likely N-dealkylation sites (N-methyl/N-ethyl adjacent to an activating group) is 1. The number of rotatable bonds is 2. The van der Waals surface area contributed by atoms with Gasteiger partial charge in [0, 0.05) is 12.8 Å². The van der Waals surface area contributed by atoms with Gasteiger partial charge in [0.05, 0.1) is 0 Å². The van der Waals surface area contributed by atoms with Gasteiger partial charge in [-0.25, -0.2) is 0 Å². The van der Waals surface area contributed by atoms with Crippen molar-refractivity contribution < 1.29 is 4.79 Å². The van der Waals surface area contributed by atoms with Crippen LogP contribution in [0.4, 0.5) is 0 Å². The van der Waals surface area contributed by atoms with Crippen LogP contribution < -0.4 is 0 Å².